The van der Waals surface area contributed by atoms with E-state index in [1.807, 2.05) is 32.6 Å². The summed E-state index contributed by atoms with van der Waals surface area (Å²) < 4.78 is 0. The molecule has 0 spiro atoms. The highest BCUT2D eigenvalue weighted by molar-refractivity contribution is 7.99. The zero-order chi connectivity index (χ0) is 23.3. The van der Waals surface area contributed by atoms with Crippen LogP contribution >= 0.6 is 23.4 Å². The van der Waals surface area contributed by atoms with Crippen LogP contribution < -0.4 is 15.5 Å². The van der Waals surface area contributed by atoms with Crippen LogP contribution in [0.3, 0.4) is 0 Å². The molecule has 1 atom stereocenters. The van der Waals surface area contributed by atoms with Crippen LogP contribution in [0.1, 0.15) is 59.8 Å². The van der Waals surface area contributed by atoms with Crippen molar-refractivity contribution in [2.45, 2.75) is 82.6 Å². The largest absolute Gasteiger partial charge is 0.353 e. The van der Waals surface area contributed by atoms with Crippen LogP contribution in [0.5, 0.6) is 0 Å². The molecule has 0 aromatic carbocycles. The standard InChI is InChI=1S/C22H35ClN6O2S/c1-15-13-28(10-11-29(15)21(31)27-22(2,3)4)18-12-17(23)25-20(26-18)32-14-19(30)24-16-8-6-5-7-9-16/h12,15-16H,5-11,13-14H2,1-4H3,(H,24,30)(H,27,31)/t15-/m1/s1. The SMILES string of the molecule is C[C@@H]1CN(c2cc(Cl)nc(SCC(=O)NC3CCCCC3)n2)CCN1C(=O)NC(C)(C)C. The molecule has 2 aliphatic rings. The van der Waals surface area contributed by atoms with E-state index in [2.05, 4.69) is 25.5 Å². The Morgan fingerprint density at radius 1 is 1.19 bits per heavy atom. The Hall–Kier alpha value is -1.74. The monoisotopic (exact) mass is 482 g/mol. The second-order valence-electron chi connectivity index (χ2n) is 9.69. The summed E-state index contributed by atoms with van der Waals surface area (Å²) in [5.74, 6) is 1.01. The maximum atomic E-state index is 12.6. The summed E-state index contributed by atoms with van der Waals surface area (Å²) in [6.07, 6.45) is 5.75. The maximum Gasteiger partial charge on any atom is 0.318 e. The number of carbonyl (C=O) groups excluding carboxylic acids is 2. The summed E-state index contributed by atoms with van der Waals surface area (Å²) in [6, 6.07) is 2.01. The van der Waals surface area contributed by atoms with Crippen molar-refractivity contribution >= 4 is 41.1 Å². The molecule has 2 heterocycles. The fourth-order valence-corrected chi connectivity index (χ4v) is 5.01. The van der Waals surface area contributed by atoms with Gasteiger partial charge >= 0.3 is 6.03 Å². The molecule has 0 unspecified atom stereocenters. The molecule has 1 aromatic rings. The van der Waals surface area contributed by atoms with Crippen LogP contribution in [0.4, 0.5) is 10.6 Å². The van der Waals surface area contributed by atoms with Crippen molar-refractivity contribution in [2.75, 3.05) is 30.3 Å². The predicted octanol–water partition coefficient (Wildman–Crippen LogP) is 3.69. The molecule has 0 radical (unpaired) electrons. The molecular weight excluding hydrogens is 448 g/mol. The minimum absolute atomic E-state index is 0.0131. The normalized spacial score (nSPS) is 20.2. The van der Waals surface area contributed by atoms with Gasteiger partial charge in [-0.15, -0.1) is 0 Å². The molecule has 178 valence electrons. The molecule has 8 nitrogen and oxygen atoms in total. The van der Waals surface area contributed by atoms with Gasteiger partial charge in [0.2, 0.25) is 5.91 Å². The summed E-state index contributed by atoms with van der Waals surface area (Å²) >= 11 is 7.56. The Kier molecular flexibility index (Phi) is 8.49. The second kappa shape index (κ2) is 10.9. The lowest BCUT2D eigenvalue weighted by atomic mass is 9.95. The minimum atomic E-state index is -0.274. The lowest BCUT2D eigenvalue weighted by Gasteiger charge is -2.41. The summed E-state index contributed by atoms with van der Waals surface area (Å²) in [6.45, 7) is 9.86. The van der Waals surface area contributed by atoms with E-state index in [4.69, 9.17) is 11.6 Å². The van der Waals surface area contributed by atoms with Crippen LogP contribution in [0, 0.1) is 0 Å². The van der Waals surface area contributed by atoms with Gasteiger partial charge in [0, 0.05) is 43.3 Å². The van der Waals surface area contributed by atoms with E-state index in [0.29, 0.717) is 36.0 Å². The molecule has 1 aliphatic carbocycles. The van der Waals surface area contributed by atoms with E-state index in [0.717, 1.165) is 18.7 Å². The lowest BCUT2D eigenvalue weighted by molar-refractivity contribution is -0.119. The molecule has 32 heavy (non-hydrogen) atoms. The van der Waals surface area contributed by atoms with Crippen LogP contribution in [-0.2, 0) is 4.79 Å². The predicted molar refractivity (Wildman–Crippen MR) is 129 cm³/mol. The van der Waals surface area contributed by atoms with Crippen LogP contribution in [-0.4, -0.2) is 69.8 Å². The van der Waals surface area contributed by atoms with Gasteiger partial charge in [-0.2, -0.15) is 0 Å². The molecule has 1 aromatic heterocycles. The number of halogens is 1. The van der Waals surface area contributed by atoms with Gasteiger partial charge in [-0.3, -0.25) is 4.79 Å². The van der Waals surface area contributed by atoms with Gasteiger partial charge in [0.25, 0.3) is 0 Å². The van der Waals surface area contributed by atoms with Crippen molar-refractivity contribution < 1.29 is 9.59 Å². The molecule has 2 N–H and O–H groups in total. The Labute approximate surface area is 200 Å². The van der Waals surface area contributed by atoms with Gasteiger partial charge < -0.3 is 20.4 Å². The number of amides is 3. The molecule has 3 amide bonds. The van der Waals surface area contributed by atoms with E-state index in [1.54, 1.807) is 6.07 Å². The highest BCUT2D eigenvalue weighted by Crippen LogP contribution is 2.24. The van der Waals surface area contributed by atoms with E-state index in [-0.39, 0.29) is 29.3 Å². The molecule has 10 heteroatoms. The number of nitrogens with one attached hydrogen (secondary N) is 2. The molecule has 2 fully saturated rings. The number of carbonyl (C=O) groups is 2. The number of anilines is 1. The number of urea groups is 1. The summed E-state index contributed by atoms with van der Waals surface area (Å²) in [5.41, 5.74) is -0.274. The number of aromatic nitrogens is 2. The molecule has 3 rings (SSSR count). The number of rotatable bonds is 5. The molecular formula is C22H35ClN6O2S. The topological polar surface area (TPSA) is 90.5 Å². The fourth-order valence-electron chi connectivity index (χ4n) is 4.12. The number of nitrogens with zero attached hydrogens (tertiary/aromatic N) is 4. The third-order valence-electron chi connectivity index (χ3n) is 5.66. The molecule has 1 saturated carbocycles. The Morgan fingerprint density at radius 3 is 2.56 bits per heavy atom. The van der Waals surface area contributed by atoms with Gasteiger partial charge in [-0.05, 0) is 40.5 Å². The van der Waals surface area contributed by atoms with Crippen molar-refractivity contribution in [3.8, 4) is 0 Å². The van der Waals surface area contributed by atoms with Gasteiger partial charge in [0.15, 0.2) is 5.16 Å². The fraction of sp³-hybridized carbons (Fsp3) is 0.727. The zero-order valence-corrected chi connectivity index (χ0v) is 21.1. The van der Waals surface area contributed by atoms with Crippen molar-refractivity contribution in [1.29, 1.82) is 0 Å². The quantitative estimate of drug-likeness (QED) is 0.378. The smallest absolute Gasteiger partial charge is 0.318 e. The highest BCUT2D eigenvalue weighted by Gasteiger charge is 2.30. The first-order valence-corrected chi connectivity index (χ1v) is 12.8. The first-order valence-electron chi connectivity index (χ1n) is 11.4. The minimum Gasteiger partial charge on any atom is -0.353 e. The van der Waals surface area contributed by atoms with Gasteiger partial charge in [0.1, 0.15) is 11.0 Å². The van der Waals surface area contributed by atoms with Crippen molar-refractivity contribution in [1.82, 2.24) is 25.5 Å². The average molecular weight is 483 g/mol. The van der Waals surface area contributed by atoms with Crippen LogP contribution in [0.2, 0.25) is 5.15 Å². The van der Waals surface area contributed by atoms with Crippen LogP contribution in [0.15, 0.2) is 11.2 Å². The third kappa shape index (κ3) is 7.40. The third-order valence-corrected chi connectivity index (χ3v) is 6.70. The lowest BCUT2D eigenvalue weighted by Crippen LogP contribution is -2.59. The van der Waals surface area contributed by atoms with E-state index in [1.165, 1.54) is 31.0 Å². The Balaban J connectivity index is 1.56. The van der Waals surface area contributed by atoms with E-state index in [9.17, 15) is 9.59 Å². The van der Waals surface area contributed by atoms with Crippen molar-refractivity contribution in [3.05, 3.63) is 11.2 Å². The van der Waals surface area contributed by atoms with Crippen molar-refractivity contribution in [3.63, 3.8) is 0 Å². The molecule has 1 saturated heterocycles. The van der Waals surface area contributed by atoms with E-state index < -0.39 is 0 Å². The Bertz CT molecular complexity index is 812. The number of hydrogen-bond acceptors (Lipinski definition) is 6. The number of hydrogen-bond donors (Lipinski definition) is 2. The van der Waals surface area contributed by atoms with Gasteiger partial charge in [-0.1, -0.05) is 42.6 Å². The van der Waals surface area contributed by atoms with Gasteiger partial charge in [-0.25, -0.2) is 14.8 Å². The summed E-state index contributed by atoms with van der Waals surface area (Å²) in [4.78, 5) is 37.8. The number of thioether (sulfide) groups is 1. The zero-order valence-electron chi connectivity index (χ0n) is 19.5. The van der Waals surface area contributed by atoms with Gasteiger partial charge in [0.05, 0.1) is 5.75 Å². The highest BCUT2D eigenvalue weighted by atomic mass is 35.5. The second-order valence-corrected chi connectivity index (χ2v) is 11.0. The van der Waals surface area contributed by atoms with E-state index >= 15 is 0 Å². The molecule has 1 aliphatic heterocycles. The average Bonchev–Trinajstić information content (AvgIpc) is 2.71. The Morgan fingerprint density at radius 2 is 1.91 bits per heavy atom. The van der Waals surface area contributed by atoms with Crippen molar-refractivity contribution in [2.24, 2.45) is 0 Å². The maximum absolute atomic E-state index is 12.6. The number of piperazine rings is 1. The first kappa shape index (κ1) is 24.9. The molecule has 0 bridgehead atoms. The summed E-state index contributed by atoms with van der Waals surface area (Å²) in [5, 5.41) is 6.99. The first-order chi connectivity index (χ1) is 15.1. The summed E-state index contributed by atoms with van der Waals surface area (Å²) in [7, 11) is 0. The van der Waals surface area contributed by atoms with Crippen LogP contribution in [0.25, 0.3) is 0 Å².